The minimum Gasteiger partial charge on any atom is -0.457 e. The average molecular weight is 448 g/mol. The van der Waals surface area contributed by atoms with Crippen molar-refractivity contribution in [2.45, 2.75) is 26.2 Å². The van der Waals surface area contributed by atoms with Gasteiger partial charge in [-0.15, -0.1) is 0 Å². The van der Waals surface area contributed by atoms with Gasteiger partial charge in [0, 0.05) is 11.1 Å². The summed E-state index contributed by atoms with van der Waals surface area (Å²) in [6.45, 7) is 6.50. The van der Waals surface area contributed by atoms with Crippen LogP contribution < -0.4 is 4.74 Å². The van der Waals surface area contributed by atoms with Crippen LogP contribution in [0.25, 0.3) is 22.2 Å². The topological polar surface area (TPSA) is 52.3 Å². The van der Waals surface area contributed by atoms with Crippen molar-refractivity contribution in [3.63, 3.8) is 0 Å². The van der Waals surface area contributed by atoms with Crippen LogP contribution in [0.1, 0.15) is 42.3 Å². The zero-order valence-electron chi connectivity index (χ0n) is 16.2. The molecular formula is C24H18BrNO3. The highest BCUT2D eigenvalue weighted by molar-refractivity contribution is 9.10. The van der Waals surface area contributed by atoms with Gasteiger partial charge in [0.25, 0.3) is 0 Å². The number of benzene rings is 3. The lowest BCUT2D eigenvalue weighted by atomic mass is 9.87. The molecule has 4 aromatic rings. The standard InChI is InChI=1S/C24H18BrNO3/c1-24(2,3)13-8-10-14(11-9-13)28-18-12-17(25)21-20-19(18)22(27)15-6-4-5-7-16(15)23(20)29-26-21/h4-12H,1-3H3. The fourth-order valence-electron chi connectivity index (χ4n) is 3.72. The van der Waals surface area contributed by atoms with E-state index in [0.29, 0.717) is 39.3 Å². The van der Waals surface area contributed by atoms with E-state index in [0.717, 1.165) is 10.0 Å². The molecule has 0 atom stereocenters. The lowest BCUT2D eigenvalue weighted by Crippen LogP contribution is -2.11. The molecule has 0 fully saturated rings. The summed E-state index contributed by atoms with van der Waals surface area (Å²) in [4.78, 5) is 13.3. The molecule has 0 amide bonds. The van der Waals surface area contributed by atoms with E-state index in [9.17, 15) is 4.79 Å². The highest BCUT2D eigenvalue weighted by atomic mass is 79.9. The molecule has 3 aromatic carbocycles. The Morgan fingerprint density at radius 1 is 1.00 bits per heavy atom. The van der Waals surface area contributed by atoms with Gasteiger partial charge in [0.05, 0.1) is 15.4 Å². The summed E-state index contributed by atoms with van der Waals surface area (Å²) in [5.74, 6) is 1.66. The number of aromatic nitrogens is 1. The third-order valence-electron chi connectivity index (χ3n) is 5.26. The Bertz CT molecular complexity index is 1280. The van der Waals surface area contributed by atoms with Gasteiger partial charge in [0.2, 0.25) is 0 Å². The summed E-state index contributed by atoms with van der Waals surface area (Å²) in [6.07, 6.45) is 0. The van der Waals surface area contributed by atoms with E-state index in [1.165, 1.54) is 5.56 Å². The number of carbonyl (C=O) groups excluding carboxylic acids is 1. The number of ether oxygens (including phenoxy) is 1. The Balaban J connectivity index is 1.67. The van der Waals surface area contributed by atoms with Gasteiger partial charge in [-0.05, 0) is 45.1 Å². The molecule has 0 unspecified atom stereocenters. The van der Waals surface area contributed by atoms with E-state index in [1.54, 1.807) is 12.1 Å². The van der Waals surface area contributed by atoms with Crippen LogP contribution in [-0.4, -0.2) is 10.9 Å². The molecule has 5 rings (SSSR count). The summed E-state index contributed by atoms with van der Waals surface area (Å²) in [6, 6.07) is 17.2. The molecule has 0 aliphatic heterocycles. The molecule has 1 aromatic heterocycles. The van der Waals surface area contributed by atoms with Gasteiger partial charge in [0.15, 0.2) is 11.5 Å². The number of fused-ring (bicyclic) bond motifs is 2. The van der Waals surface area contributed by atoms with Crippen LogP contribution >= 0.6 is 15.9 Å². The molecule has 0 radical (unpaired) electrons. The minimum atomic E-state index is -0.0879. The second-order valence-electron chi connectivity index (χ2n) is 8.22. The monoisotopic (exact) mass is 447 g/mol. The van der Waals surface area contributed by atoms with Crippen molar-refractivity contribution in [2.24, 2.45) is 0 Å². The third kappa shape index (κ3) is 2.80. The van der Waals surface area contributed by atoms with Gasteiger partial charge in [0.1, 0.15) is 17.0 Å². The predicted molar refractivity (Wildman–Crippen MR) is 116 cm³/mol. The van der Waals surface area contributed by atoms with Crippen LogP contribution in [0, 0.1) is 0 Å². The van der Waals surface area contributed by atoms with Gasteiger partial charge >= 0.3 is 0 Å². The summed E-state index contributed by atoms with van der Waals surface area (Å²) in [5.41, 5.74) is 3.73. The van der Waals surface area contributed by atoms with Crippen molar-refractivity contribution in [1.82, 2.24) is 5.16 Å². The largest absolute Gasteiger partial charge is 0.457 e. The molecule has 5 heteroatoms. The molecule has 4 nitrogen and oxygen atoms in total. The van der Waals surface area contributed by atoms with Crippen molar-refractivity contribution in [3.05, 3.63) is 75.8 Å². The van der Waals surface area contributed by atoms with Gasteiger partial charge in [-0.1, -0.05) is 62.3 Å². The number of carbonyl (C=O) groups is 1. The second kappa shape index (κ2) is 6.29. The first-order valence-corrected chi connectivity index (χ1v) is 10.2. The quantitative estimate of drug-likeness (QED) is 0.295. The maximum atomic E-state index is 13.3. The fraction of sp³-hybridized carbons (Fsp3) is 0.167. The van der Waals surface area contributed by atoms with Crippen LogP contribution in [0.5, 0.6) is 11.5 Å². The first-order valence-electron chi connectivity index (χ1n) is 9.39. The zero-order valence-corrected chi connectivity index (χ0v) is 17.8. The Morgan fingerprint density at radius 3 is 2.38 bits per heavy atom. The van der Waals surface area contributed by atoms with Crippen molar-refractivity contribution in [2.75, 3.05) is 0 Å². The average Bonchev–Trinajstić information content (AvgIpc) is 3.13. The lowest BCUT2D eigenvalue weighted by molar-refractivity contribution is 0.103. The number of rotatable bonds is 2. The number of halogens is 1. The van der Waals surface area contributed by atoms with Gasteiger partial charge in [-0.2, -0.15) is 0 Å². The highest BCUT2D eigenvalue weighted by Crippen LogP contribution is 2.46. The number of hydrogen-bond acceptors (Lipinski definition) is 4. The molecule has 144 valence electrons. The van der Waals surface area contributed by atoms with E-state index in [-0.39, 0.29) is 11.2 Å². The van der Waals surface area contributed by atoms with Crippen LogP contribution in [0.3, 0.4) is 0 Å². The molecule has 0 saturated carbocycles. The molecule has 1 aliphatic rings. The van der Waals surface area contributed by atoms with Crippen molar-refractivity contribution < 1.29 is 14.1 Å². The third-order valence-corrected chi connectivity index (χ3v) is 5.87. The summed E-state index contributed by atoms with van der Waals surface area (Å²) >= 11 is 3.55. The molecule has 0 bridgehead atoms. The van der Waals surface area contributed by atoms with E-state index in [4.69, 9.17) is 9.26 Å². The van der Waals surface area contributed by atoms with Crippen molar-refractivity contribution in [1.29, 1.82) is 0 Å². The Morgan fingerprint density at radius 2 is 1.69 bits per heavy atom. The smallest absolute Gasteiger partial charge is 0.198 e. The van der Waals surface area contributed by atoms with Crippen molar-refractivity contribution in [3.8, 4) is 22.8 Å². The van der Waals surface area contributed by atoms with Crippen molar-refractivity contribution >= 4 is 32.6 Å². The fourth-order valence-corrected chi connectivity index (χ4v) is 4.20. The molecule has 0 spiro atoms. The van der Waals surface area contributed by atoms with E-state index in [2.05, 4.69) is 54.0 Å². The normalized spacial score (nSPS) is 12.9. The van der Waals surface area contributed by atoms with Crippen LogP contribution in [0.4, 0.5) is 0 Å². The van der Waals surface area contributed by atoms with E-state index in [1.807, 2.05) is 30.3 Å². The van der Waals surface area contributed by atoms with Gasteiger partial charge < -0.3 is 9.26 Å². The zero-order chi connectivity index (χ0) is 20.3. The van der Waals surface area contributed by atoms with Gasteiger partial charge in [-0.3, -0.25) is 4.79 Å². The summed E-state index contributed by atoms with van der Waals surface area (Å²) < 4.78 is 12.5. The predicted octanol–water partition coefficient (Wildman–Crippen LogP) is 6.89. The Kier molecular flexibility index (Phi) is 3.93. The van der Waals surface area contributed by atoms with Crippen LogP contribution in [-0.2, 0) is 5.41 Å². The lowest BCUT2D eigenvalue weighted by Gasteiger charge is -2.20. The SMILES string of the molecule is CC(C)(C)c1ccc(Oc2cc(Br)c3noc4c3c2C(=O)c2ccccc2-4)cc1. The highest BCUT2D eigenvalue weighted by Gasteiger charge is 2.33. The molecule has 0 saturated heterocycles. The van der Waals surface area contributed by atoms with E-state index >= 15 is 0 Å². The molecular weight excluding hydrogens is 430 g/mol. The maximum absolute atomic E-state index is 13.3. The number of nitrogens with zero attached hydrogens (tertiary/aromatic N) is 1. The first kappa shape index (κ1) is 18.1. The molecule has 29 heavy (non-hydrogen) atoms. The number of hydrogen-bond donors (Lipinski definition) is 0. The maximum Gasteiger partial charge on any atom is 0.198 e. The first-order chi connectivity index (χ1) is 13.8. The molecule has 0 N–H and O–H groups in total. The summed E-state index contributed by atoms with van der Waals surface area (Å²) in [7, 11) is 0. The Labute approximate surface area is 176 Å². The second-order valence-corrected chi connectivity index (χ2v) is 9.07. The Hall–Kier alpha value is -2.92. The van der Waals surface area contributed by atoms with Crippen LogP contribution in [0.15, 0.2) is 63.6 Å². The van der Waals surface area contributed by atoms with Gasteiger partial charge in [-0.25, -0.2) is 0 Å². The minimum absolute atomic E-state index is 0.0590. The molecule has 1 aliphatic carbocycles. The number of ketones is 1. The van der Waals surface area contributed by atoms with E-state index < -0.39 is 0 Å². The summed E-state index contributed by atoms with van der Waals surface area (Å²) in [5, 5.41) is 4.86. The van der Waals surface area contributed by atoms with Crippen LogP contribution in [0.2, 0.25) is 0 Å². The molecule has 1 heterocycles.